The molecule has 44 heavy (non-hydrogen) atoms. The Kier molecular flexibility index (Phi) is 12.9. The highest BCUT2D eigenvalue weighted by Gasteiger charge is 2.49. The molecule has 1 saturated heterocycles. The summed E-state index contributed by atoms with van der Waals surface area (Å²) >= 11 is 0. The summed E-state index contributed by atoms with van der Waals surface area (Å²) in [7, 11) is 0. The molecule has 0 amide bonds. The van der Waals surface area contributed by atoms with Crippen molar-refractivity contribution in [1.29, 1.82) is 0 Å². The third-order valence-corrected chi connectivity index (χ3v) is 7.43. The minimum atomic E-state index is -0.757. The predicted octanol–water partition coefficient (Wildman–Crippen LogP) is 6.08. The molecule has 1 heterocycles. The lowest BCUT2D eigenvalue weighted by atomic mass is 9.97. The van der Waals surface area contributed by atoms with Crippen LogP contribution in [0.1, 0.15) is 28.7 Å². The Hall–Kier alpha value is -3.40. The molecule has 0 radical (unpaired) electrons. The van der Waals surface area contributed by atoms with Gasteiger partial charge in [0.2, 0.25) is 0 Å². The van der Waals surface area contributed by atoms with Crippen LogP contribution in [0.2, 0.25) is 0 Å². The van der Waals surface area contributed by atoms with Crippen LogP contribution < -0.4 is 0 Å². The zero-order valence-electron chi connectivity index (χ0n) is 25.0. The van der Waals surface area contributed by atoms with Crippen molar-refractivity contribution in [1.82, 2.24) is 0 Å². The zero-order chi connectivity index (χ0) is 30.2. The predicted molar refractivity (Wildman–Crippen MR) is 167 cm³/mol. The molecule has 0 saturated carbocycles. The summed E-state index contributed by atoms with van der Waals surface area (Å²) in [5.41, 5.74) is 4.18. The van der Waals surface area contributed by atoms with Gasteiger partial charge in [0.25, 0.3) is 0 Å². The van der Waals surface area contributed by atoms with Crippen LogP contribution in [-0.2, 0) is 54.8 Å². The van der Waals surface area contributed by atoms with Gasteiger partial charge in [-0.1, -0.05) is 121 Å². The van der Waals surface area contributed by atoms with E-state index in [2.05, 4.69) is 0 Å². The van der Waals surface area contributed by atoms with E-state index in [0.29, 0.717) is 39.5 Å². The van der Waals surface area contributed by atoms with Gasteiger partial charge in [0.1, 0.15) is 24.4 Å². The maximum atomic E-state index is 9.46. The fourth-order valence-corrected chi connectivity index (χ4v) is 5.15. The molecule has 4 aromatic carbocycles. The summed E-state index contributed by atoms with van der Waals surface area (Å²) in [4.78, 5) is 0. The summed E-state index contributed by atoms with van der Waals surface area (Å²) in [5.74, 6) is 0. The molecule has 232 valence electrons. The van der Waals surface area contributed by atoms with Crippen LogP contribution in [0.25, 0.3) is 0 Å². The summed E-state index contributed by atoms with van der Waals surface area (Å²) in [6.45, 7) is 2.12. The minimum Gasteiger partial charge on any atom is -0.396 e. The van der Waals surface area contributed by atoms with E-state index in [0.717, 1.165) is 22.3 Å². The number of hydrogen-bond donors (Lipinski definition) is 1. The Balaban J connectivity index is 1.41. The molecule has 4 aromatic rings. The van der Waals surface area contributed by atoms with Gasteiger partial charge in [-0.15, -0.1) is 0 Å². The van der Waals surface area contributed by atoms with Crippen molar-refractivity contribution in [2.24, 2.45) is 0 Å². The fraction of sp³-hybridized carbons (Fsp3) is 0.351. The summed E-state index contributed by atoms with van der Waals surface area (Å²) in [5, 5.41) is 9.46. The van der Waals surface area contributed by atoms with Crippen molar-refractivity contribution in [2.75, 3.05) is 19.8 Å². The molecule has 7 nitrogen and oxygen atoms in total. The van der Waals surface area contributed by atoms with E-state index >= 15 is 0 Å². The number of benzene rings is 4. The fourth-order valence-electron chi connectivity index (χ4n) is 5.15. The van der Waals surface area contributed by atoms with Gasteiger partial charge < -0.3 is 33.5 Å². The van der Waals surface area contributed by atoms with Crippen LogP contribution >= 0.6 is 0 Å². The van der Waals surface area contributed by atoms with Crippen LogP contribution in [0.3, 0.4) is 0 Å². The minimum absolute atomic E-state index is 0.0165. The van der Waals surface area contributed by atoms with Crippen molar-refractivity contribution in [3.05, 3.63) is 144 Å². The highest BCUT2D eigenvalue weighted by molar-refractivity contribution is 5.16. The molecule has 1 aliphatic heterocycles. The van der Waals surface area contributed by atoms with E-state index in [1.54, 1.807) is 0 Å². The van der Waals surface area contributed by atoms with E-state index in [4.69, 9.17) is 28.4 Å². The normalized spacial score (nSPS) is 21.7. The highest BCUT2D eigenvalue weighted by atomic mass is 16.7. The second-order valence-corrected chi connectivity index (χ2v) is 10.8. The summed E-state index contributed by atoms with van der Waals surface area (Å²) < 4.78 is 38.9. The molecule has 1 fully saturated rings. The average molecular weight is 599 g/mol. The molecule has 0 spiro atoms. The average Bonchev–Trinajstić information content (AvgIpc) is 3.08. The van der Waals surface area contributed by atoms with Gasteiger partial charge in [-0.2, -0.15) is 0 Å². The maximum Gasteiger partial charge on any atom is 0.186 e. The van der Waals surface area contributed by atoms with Gasteiger partial charge in [-0.3, -0.25) is 0 Å². The number of aliphatic hydroxyl groups is 1. The first-order valence-electron chi connectivity index (χ1n) is 15.3. The van der Waals surface area contributed by atoms with Gasteiger partial charge in [-0.25, -0.2) is 0 Å². The molecule has 0 aliphatic carbocycles. The van der Waals surface area contributed by atoms with E-state index in [1.807, 2.05) is 121 Å². The quantitative estimate of drug-likeness (QED) is 0.148. The van der Waals surface area contributed by atoms with Gasteiger partial charge in [-0.05, 0) is 28.7 Å². The molecule has 1 aliphatic rings. The second kappa shape index (κ2) is 17.8. The summed E-state index contributed by atoms with van der Waals surface area (Å²) in [6, 6.07) is 40.1. The smallest absolute Gasteiger partial charge is 0.186 e. The lowest BCUT2D eigenvalue weighted by Gasteiger charge is -2.46. The third kappa shape index (κ3) is 9.81. The van der Waals surface area contributed by atoms with Crippen molar-refractivity contribution in [3.63, 3.8) is 0 Å². The van der Waals surface area contributed by atoms with E-state index in [-0.39, 0.29) is 13.2 Å². The SMILES string of the molecule is OCCCO[C@@H]1O[C@H](COCc2ccccc2)[C@H](OCc2ccccc2)[C@H](OCc2ccccc2)[C@H]1OCc1ccccc1. The zero-order valence-corrected chi connectivity index (χ0v) is 25.0. The standard InChI is InChI=1S/C37H42O7/c38-22-13-23-40-37-36(43-27-32-20-11-4-12-21-32)35(42-26-31-18-9-3-10-19-31)34(41-25-30-16-7-2-8-17-30)33(44-37)28-39-24-29-14-5-1-6-15-29/h1-12,14-21,33-38H,13,22-28H2/t33-,34+,35+,36-,37-/m1/s1. The van der Waals surface area contributed by atoms with Crippen LogP contribution in [0.15, 0.2) is 121 Å². The molecule has 5 atom stereocenters. The van der Waals surface area contributed by atoms with Crippen LogP contribution in [0.5, 0.6) is 0 Å². The lowest BCUT2D eigenvalue weighted by Crippen LogP contribution is -2.61. The Morgan fingerprint density at radius 2 is 0.932 bits per heavy atom. The topological polar surface area (TPSA) is 75.6 Å². The van der Waals surface area contributed by atoms with E-state index in [1.165, 1.54) is 0 Å². The van der Waals surface area contributed by atoms with Gasteiger partial charge >= 0.3 is 0 Å². The highest BCUT2D eigenvalue weighted by Crippen LogP contribution is 2.31. The van der Waals surface area contributed by atoms with Crippen molar-refractivity contribution in [2.45, 2.75) is 63.6 Å². The number of ether oxygens (including phenoxy) is 6. The first-order valence-corrected chi connectivity index (χ1v) is 15.3. The lowest BCUT2D eigenvalue weighted by molar-refractivity contribution is -0.328. The molecule has 0 bridgehead atoms. The maximum absolute atomic E-state index is 9.46. The summed E-state index contributed by atoms with van der Waals surface area (Å²) in [6.07, 6.45) is -2.45. The number of rotatable bonds is 17. The Labute approximate surface area is 260 Å². The van der Waals surface area contributed by atoms with Gasteiger partial charge in [0.05, 0.1) is 39.6 Å². The molecule has 0 unspecified atom stereocenters. The molecule has 1 N–H and O–H groups in total. The van der Waals surface area contributed by atoms with E-state index in [9.17, 15) is 5.11 Å². The van der Waals surface area contributed by atoms with Crippen LogP contribution in [-0.4, -0.2) is 55.6 Å². The molecular formula is C37H42O7. The van der Waals surface area contributed by atoms with Gasteiger partial charge in [0, 0.05) is 6.61 Å². The Bertz CT molecular complexity index is 1310. The van der Waals surface area contributed by atoms with Crippen molar-refractivity contribution >= 4 is 0 Å². The molecule has 5 rings (SSSR count). The van der Waals surface area contributed by atoms with Crippen molar-refractivity contribution < 1.29 is 33.5 Å². The Morgan fingerprint density at radius 1 is 0.500 bits per heavy atom. The third-order valence-electron chi connectivity index (χ3n) is 7.43. The van der Waals surface area contributed by atoms with Crippen LogP contribution in [0, 0.1) is 0 Å². The first-order chi connectivity index (χ1) is 21.8. The van der Waals surface area contributed by atoms with Crippen molar-refractivity contribution in [3.8, 4) is 0 Å². The molecule has 7 heteroatoms. The molecule has 0 aromatic heterocycles. The number of aliphatic hydroxyl groups excluding tert-OH is 1. The van der Waals surface area contributed by atoms with Crippen LogP contribution in [0.4, 0.5) is 0 Å². The van der Waals surface area contributed by atoms with Gasteiger partial charge in [0.15, 0.2) is 6.29 Å². The van der Waals surface area contributed by atoms with E-state index < -0.39 is 30.7 Å². The second-order valence-electron chi connectivity index (χ2n) is 10.8. The first kappa shape index (κ1) is 32.0. The Morgan fingerprint density at radius 3 is 1.41 bits per heavy atom. The largest absolute Gasteiger partial charge is 0.396 e. The molecular weight excluding hydrogens is 556 g/mol. The monoisotopic (exact) mass is 598 g/mol. The number of hydrogen-bond acceptors (Lipinski definition) is 7.